The summed E-state index contributed by atoms with van der Waals surface area (Å²) in [4.78, 5) is 12.5. The van der Waals surface area contributed by atoms with E-state index in [1.165, 1.54) is 24.3 Å². The Kier molecular flexibility index (Phi) is 10.1. The van der Waals surface area contributed by atoms with Crippen molar-refractivity contribution in [1.82, 2.24) is 0 Å². The second kappa shape index (κ2) is 13.5. The van der Waals surface area contributed by atoms with Crippen LogP contribution < -0.4 is 15.0 Å². The fourth-order valence-corrected chi connectivity index (χ4v) is 4.00. The molecule has 11 heteroatoms. The van der Waals surface area contributed by atoms with E-state index in [0.717, 1.165) is 23.5 Å². The summed E-state index contributed by atoms with van der Waals surface area (Å²) in [5.41, 5.74) is 3.83. The number of nitro groups is 1. The molecular weight excluding hydrogens is 494 g/mol. The van der Waals surface area contributed by atoms with Gasteiger partial charge in [0.2, 0.25) is 0 Å². The monoisotopic (exact) mass is 524 g/mol. The quantitative estimate of drug-likeness (QED) is 0.115. The first-order valence-corrected chi connectivity index (χ1v) is 13.2. The highest BCUT2D eigenvalue weighted by Gasteiger charge is 2.12. The lowest BCUT2D eigenvalue weighted by atomic mass is 10.2. The number of nitro benzene ring substituents is 1. The fourth-order valence-electron chi connectivity index (χ4n) is 3.63. The molecule has 0 aliphatic heterocycles. The van der Waals surface area contributed by atoms with Gasteiger partial charge >= 0.3 is 0 Å². The Morgan fingerprint density at radius 3 is 2.46 bits per heavy atom. The van der Waals surface area contributed by atoms with Crippen LogP contribution in [0, 0.1) is 17.0 Å². The van der Waals surface area contributed by atoms with Crippen LogP contribution in [0.5, 0.6) is 11.5 Å². The van der Waals surface area contributed by atoms with E-state index in [0.29, 0.717) is 42.4 Å². The average Bonchev–Trinajstić information content (AvgIpc) is 2.88. The third-order valence-electron chi connectivity index (χ3n) is 5.57. The second-order valence-electron chi connectivity index (χ2n) is 8.18. The number of non-ortho nitro benzene ring substituents is 1. The van der Waals surface area contributed by atoms with Crippen LogP contribution in [-0.4, -0.2) is 39.1 Å². The summed E-state index contributed by atoms with van der Waals surface area (Å²) < 4.78 is 28.2. The Hall–Kier alpha value is -3.83. The van der Waals surface area contributed by atoms with Crippen LogP contribution in [0.3, 0.4) is 0 Å². The number of anilines is 2. The molecule has 0 heterocycles. The van der Waals surface area contributed by atoms with Gasteiger partial charge in [-0.2, -0.15) is 5.11 Å². The smallest absolute Gasteiger partial charge is 0.269 e. The van der Waals surface area contributed by atoms with Gasteiger partial charge < -0.3 is 19.5 Å². The minimum Gasteiger partial charge on any atom is -0.772 e. The molecule has 37 heavy (non-hydrogen) atoms. The van der Waals surface area contributed by atoms with Crippen LogP contribution in [0.4, 0.5) is 28.4 Å². The van der Waals surface area contributed by atoms with Crippen molar-refractivity contribution < 1.29 is 18.4 Å². The molecule has 0 radical (unpaired) electrons. The van der Waals surface area contributed by atoms with Crippen LogP contribution in [0.2, 0.25) is 0 Å². The van der Waals surface area contributed by atoms with E-state index in [1.807, 2.05) is 51.1 Å². The zero-order valence-electron chi connectivity index (χ0n) is 21.0. The molecule has 1 N–H and O–H groups in total. The van der Waals surface area contributed by atoms with E-state index >= 15 is 0 Å². The summed E-state index contributed by atoms with van der Waals surface area (Å²) in [7, 11) is 0. The molecule has 1 atom stereocenters. The predicted molar refractivity (Wildman–Crippen MR) is 145 cm³/mol. The zero-order valence-corrected chi connectivity index (χ0v) is 21.9. The molecule has 3 rings (SSSR count). The van der Waals surface area contributed by atoms with Gasteiger partial charge in [-0.05, 0) is 63.1 Å². The van der Waals surface area contributed by atoms with Crippen molar-refractivity contribution in [2.24, 2.45) is 10.2 Å². The van der Waals surface area contributed by atoms with E-state index in [4.69, 9.17) is 4.74 Å². The van der Waals surface area contributed by atoms with Gasteiger partial charge in [0, 0.05) is 61.0 Å². The lowest BCUT2D eigenvalue weighted by Gasteiger charge is -2.24. The third kappa shape index (κ3) is 8.09. The Morgan fingerprint density at radius 2 is 1.81 bits per heavy atom. The SMILES string of the molecule is CCNc1cc(Oc2cc(N(CC)CCCS(=O)[O-])ccc2N=Nc2ccc([N+](=O)[O-])cc2)ccc1C. The van der Waals surface area contributed by atoms with Crippen LogP contribution in [-0.2, 0) is 11.1 Å². The molecule has 0 bridgehead atoms. The average molecular weight is 525 g/mol. The van der Waals surface area contributed by atoms with Crippen molar-refractivity contribution in [3.8, 4) is 11.5 Å². The Bertz CT molecular complexity index is 1270. The number of hydrogen-bond acceptors (Lipinski definition) is 9. The lowest BCUT2D eigenvalue weighted by Crippen LogP contribution is -2.25. The Morgan fingerprint density at radius 1 is 1.05 bits per heavy atom. The van der Waals surface area contributed by atoms with Crippen molar-refractivity contribution in [2.75, 3.05) is 35.6 Å². The third-order valence-corrected chi connectivity index (χ3v) is 6.19. The van der Waals surface area contributed by atoms with Gasteiger partial charge in [0.05, 0.1) is 10.6 Å². The predicted octanol–water partition coefficient (Wildman–Crippen LogP) is 6.64. The first-order chi connectivity index (χ1) is 17.8. The summed E-state index contributed by atoms with van der Waals surface area (Å²) in [5.74, 6) is 1.19. The highest BCUT2D eigenvalue weighted by molar-refractivity contribution is 7.79. The van der Waals surface area contributed by atoms with Crippen molar-refractivity contribution in [1.29, 1.82) is 0 Å². The van der Waals surface area contributed by atoms with E-state index < -0.39 is 16.0 Å². The Balaban J connectivity index is 1.94. The van der Waals surface area contributed by atoms with E-state index in [1.54, 1.807) is 6.07 Å². The maximum atomic E-state index is 10.9. The standard InChI is InChI=1S/C26H31N5O5S/c1-4-27-25-18-23(13-7-19(25)3)36-26-17-22(30(5-2)15-6-16-37(34)35)12-14-24(26)29-28-20-8-10-21(11-9-20)31(32)33/h7-14,17-18,27H,4-6,15-16H2,1-3H3,(H,34,35)/p-1. The van der Waals surface area contributed by atoms with Crippen molar-refractivity contribution in [2.45, 2.75) is 27.2 Å². The molecular formula is C26H30N5O5S-. The maximum absolute atomic E-state index is 10.9. The Labute approximate surface area is 218 Å². The van der Waals surface area contributed by atoms with Gasteiger partial charge in [0.1, 0.15) is 11.4 Å². The summed E-state index contributed by atoms with van der Waals surface area (Å²) in [6.45, 7) is 8.06. The van der Waals surface area contributed by atoms with Gasteiger partial charge in [0.15, 0.2) is 5.75 Å². The number of nitrogens with one attached hydrogen (secondary N) is 1. The molecule has 0 amide bonds. The second-order valence-corrected chi connectivity index (χ2v) is 9.19. The largest absolute Gasteiger partial charge is 0.772 e. The number of nitrogens with zero attached hydrogens (tertiary/aromatic N) is 4. The first kappa shape index (κ1) is 27.8. The molecule has 10 nitrogen and oxygen atoms in total. The number of aryl methyl sites for hydroxylation is 1. The van der Waals surface area contributed by atoms with Gasteiger partial charge in [-0.1, -0.05) is 17.1 Å². The van der Waals surface area contributed by atoms with Gasteiger partial charge in [0.25, 0.3) is 5.69 Å². The van der Waals surface area contributed by atoms with Crippen LogP contribution in [0.15, 0.2) is 70.9 Å². The van der Waals surface area contributed by atoms with E-state index in [-0.39, 0.29) is 11.4 Å². The van der Waals surface area contributed by atoms with Crippen LogP contribution in [0.1, 0.15) is 25.8 Å². The molecule has 3 aromatic rings. The summed E-state index contributed by atoms with van der Waals surface area (Å²) in [6, 6.07) is 17.1. The highest BCUT2D eigenvalue weighted by atomic mass is 32.2. The maximum Gasteiger partial charge on any atom is 0.269 e. The minimum atomic E-state index is -2.08. The highest BCUT2D eigenvalue weighted by Crippen LogP contribution is 2.37. The van der Waals surface area contributed by atoms with Gasteiger partial charge in [-0.15, -0.1) is 5.11 Å². The molecule has 0 saturated heterocycles. The molecule has 0 fully saturated rings. The normalized spacial score (nSPS) is 11.9. The summed E-state index contributed by atoms with van der Waals surface area (Å²) >= 11 is -2.08. The van der Waals surface area contributed by atoms with Gasteiger partial charge in [-0.25, -0.2) is 0 Å². The molecule has 0 spiro atoms. The minimum absolute atomic E-state index is 0.0244. The lowest BCUT2D eigenvalue weighted by molar-refractivity contribution is -0.384. The van der Waals surface area contributed by atoms with E-state index in [2.05, 4.69) is 20.4 Å². The zero-order chi connectivity index (χ0) is 26.8. The number of hydrogen-bond donors (Lipinski definition) is 1. The van der Waals surface area contributed by atoms with Crippen molar-refractivity contribution in [3.63, 3.8) is 0 Å². The molecule has 0 aliphatic carbocycles. The number of azo groups is 1. The molecule has 1 unspecified atom stereocenters. The topological polar surface area (TPSA) is 132 Å². The fraction of sp³-hybridized carbons (Fsp3) is 0.308. The van der Waals surface area contributed by atoms with Crippen molar-refractivity contribution >= 4 is 39.5 Å². The van der Waals surface area contributed by atoms with E-state index in [9.17, 15) is 18.9 Å². The number of ether oxygens (including phenoxy) is 1. The summed E-state index contributed by atoms with van der Waals surface area (Å²) in [6.07, 6.45) is 0.506. The molecule has 3 aromatic carbocycles. The number of rotatable bonds is 13. The molecule has 0 saturated carbocycles. The van der Waals surface area contributed by atoms with Crippen LogP contribution in [0.25, 0.3) is 0 Å². The first-order valence-electron chi connectivity index (χ1n) is 11.9. The summed E-state index contributed by atoms with van der Waals surface area (Å²) in [5, 5.41) is 22.8. The molecule has 196 valence electrons. The number of benzene rings is 3. The molecule has 0 aliphatic rings. The van der Waals surface area contributed by atoms with Crippen LogP contribution >= 0.6 is 0 Å². The molecule has 0 aromatic heterocycles. The van der Waals surface area contributed by atoms with Crippen molar-refractivity contribution in [3.05, 3.63) is 76.3 Å². The van der Waals surface area contributed by atoms with Gasteiger partial charge in [-0.3, -0.25) is 14.3 Å².